The maximum atomic E-state index is 10.9. The SMILES string of the molecule is Cc1ccc(Oc2ccc(C(O)C(C)NC(C)(C)C)cc2Oc2ccc(C)cc2)cc1.Cl. The van der Waals surface area contributed by atoms with E-state index in [4.69, 9.17) is 9.47 Å². The van der Waals surface area contributed by atoms with Crippen molar-refractivity contribution in [3.05, 3.63) is 83.4 Å². The minimum atomic E-state index is -0.687. The van der Waals surface area contributed by atoms with E-state index in [1.807, 2.05) is 87.5 Å². The zero-order valence-electron chi connectivity index (χ0n) is 19.7. The van der Waals surface area contributed by atoms with Crippen molar-refractivity contribution in [3.63, 3.8) is 0 Å². The fraction of sp³-hybridized carbons (Fsp3) is 0.333. The predicted molar refractivity (Wildman–Crippen MR) is 134 cm³/mol. The van der Waals surface area contributed by atoms with Crippen LogP contribution in [0.15, 0.2) is 66.7 Å². The van der Waals surface area contributed by atoms with E-state index in [0.717, 1.165) is 16.9 Å². The van der Waals surface area contributed by atoms with Crippen LogP contribution in [0.1, 0.15) is 50.5 Å². The molecule has 5 heteroatoms. The van der Waals surface area contributed by atoms with Crippen LogP contribution < -0.4 is 14.8 Å². The lowest BCUT2D eigenvalue weighted by Gasteiger charge is -2.29. The summed E-state index contributed by atoms with van der Waals surface area (Å²) in [5.74, 6) is 2.60. The monoisotopic (exact) mass is 455 g/mol. The number of rotatable bonds is 7. The van der Waals surface area contributed by atoms with E-state index in [0.29, 0.717) is 17.2 Å². The van der Waals surface area contributed by atoms with Crippen LogP contribution in [0.2, 0.25) is 0 Å². The number of aliphatic hydroxyl groups excluding tert-OH is 1. The molecule has 0 aliphatic rings. The molecule has 3 rings (SSSR count). The Balaban J connectivity index is 0.00000363. The normalized spacial score (nSPS) is 13.1. The molecule has 4 nitrogen and oxygen atoms in total. The van der Waals surface area contributed by atoms with Crippen LogP contribution in [0.3, 0.4) is 0 Å². The molecule has 172 valence electrons. The molecule has 0 saturated heterocycles. The summed E-state index contributed by atoms with van der Waals surface area (Å²) in [7, 11) is 0. The molecule has 3 aromatic rings. The summed E-state index contributed by atoms with van der Waals surface area (Å²) in [4.78, 5) is 0. The summed E-state index contributed by atoms with van der Waals surface area (Å²) in [5, 5.41) is 14.4. The average Bonchev–Trinajstić information content (AvgIpc) is 2.71. The van der Waals surface area contributed by atoms with E-state index >= 15 is 0 Å². The lowest BCUT2D eigenvalue weighted by Crippen LogP contribution is -2.44. The third-order valence-corrected chi connectivity index (χ3v) is 4.94. The van der Waals surface area contributed by atoms with Gasteiger partial charge in [-0.1, -0.05) is 41.5 Å². The maximum absolute atomic E-state index is 10.9. The lowest BCUT2D eigenvalue weighted by molar-refractivity contribution is 0.121. The Labute approximate surface area is 198 Å². The van der Waals surface area contributed by atoms with Crippen molar-refractivity contribution in [2.75, 3.05) is 0 Å². The lowest BCUT2D eigenvalue weighted by atomic mass is 9.99. The molecule has 3 aromatic carbocycles. The predicted octanol–water partition coefficient (Wildman–Crippen LogP) is 7.12. The third kappa shape index (κ3) is 7.27. The summed E-state index contributed by atoms with van der Waals surface area (Å²) < 4.78 is 12.3. The van der Waals surface area contributed by atoms with E-state index < -0.39 is 6.10 Å². The molecule has 0 aromatic heterocycles. The number of nitrogens with one attached hydrogen (secondary N) is 1. The smallest absolute Gasteiger partial charge is 0.170 e. The van der Waals surface area contributed by atoms with Crippen LogP contribution in [0.5, 0.6) is 23.0 Å². The van der Waals surface area contributed by atoms with Gasteiger partial charge in [-0.15, -0.1) is 12.4 Å². The summed E-state index contributed by atoms with van der Waals surface area (Å²) in [5.41, 5.74) is 3.00. The first-order valence-corrected chi connectivity index (χ1v) is 10.7. The van der Waals surface area contributed by atoms with Crippen molar-refractivity contribution in [3.8, 4) is 23.0 Å². The number of ether oxygens (including phenoxy) is 2. The molecular formula is C27H34ClNO3. The molecule has 2 atom stereocenters. The van der Waals surface area contributed by atoms with E-state index in [2.05, 4.69) is 26.1 Å². The summed E-state index contributed by atoms with van der Waals surface area (Å²) in [6.07, 6.45) is -0.687. The zero-order chi connectivity index (χ0) is 22.6. The Kier molecular flexibility index (Phi) is 8.73. The van der Waals surface area contributed by atoms with Gasteiger partial charge in [0, 0.05) is 11.6 Å². The summed E-state index contributed by atoms with van der Waals surface area (Å²) in [6.45, 7) is 12.3. The van der Waals surface area contributed by atoms with Crippen molar-refractivity contribution >= 4 is 12.4 Å². The molecule has 0 radical (unpaired) electrons. The number of aliphatic hydroxyl groups is 1. The first-order valence-electron chi connectivity index (χ1n) is 10.7. The highest BCUT2D eigenvalue weighted by Crippen LogP contribution is 2.37. The zero-order valence-corrected chi connectivity index (χ0v) is 20.5. The molecule has 2 unspecified atom stereocenters. The maximum Gasteiger partial charge on any atom is 0.170 e. The fourth-order valence-corrected chi connectivity index (χ4v) is 3.39. The standard InChI is InChI=1S/C27H33NO3.ClH/c1-18-7-12-22(13-8-18)30-24-16-11-21(26(29)20(3)28-27(4,5)6)17-25(24)31-23-14-9-19(2)10-15-23;/h7-17,20,26,28-29H,1-6H3;1H. The van der Waals surface area contributed by atoms with Crippen molar-refractivity contribution in [2.24, 2.45) is 0 Å². The van der Waals surface area contributed by atoms with Crippen LogP contribution in [-0.2, 0) is 0 Å². The molecule has 32 heavy (non-hydrogen) atoms. The van der Waals surface area contributed by atoms with Gasteiger partial charge in [0.1, 0.15) is 11.5 Å². The second-order valence-electron chi connectivity index (χ2n) is 9.16. The van der Waals surface area contributed by atoms with Crippen LogP contribution in [-0.4, -0.2) is 16.7 Å². The number of benzene rings is 3. The van der Waals surface area contributed by atoms with Crippen LogP contribution in [0.4, 0.5) is 0 Å². The van der Waals surface area contributed by atoms with Gasteiger partial charge in [-0.05, 0) is 83.5 Å². The molecule has 0 saturated carbocycles. The first kappa shape index (κ1) is 25.7. The van der Waals surface area contributed by atoms with Gasteiger partial charge in [0.2, 0.25) is 0 Å². The molecule has 0 spiro atoms. The first-order chi connectivity index (χ1) is 14.6. The van der Waals surface area contributed by atoms with E-state index in [1.165, 1.54) is 5.56 Å². The fourth-order valence-electron chi connectivity index (χ4n) is 3.39. The largest absolute Gasteiger partial charge is 0.453 e. The van der Waals surface area contributed by atoms with E-state index in [1.54, 1.807) is 0 Å². The summed E-state index contributed by atoms with van der Waals surface area (Å²) in [6, 6.07) is 21.2. The van der Waals surface area contributed by atoms with Crippen molar-refractivity contribution in [1.82, 2.24) is 5.32 Å². The van der Waals surface area contributed by atoms with Gasteiger partial charge in [0.05, 0.1) is 6.10 Å². The van der Waals surface area contributed by atoms with Gasteiger partial charge >= 0.3 is 0 Å². The van der Waals surface area contributed by atoms with Crippen molar-refractivity contribution in [2.45, 2.75) is 59.2 Å². The van der Waals surface area contributed by atoms with Gasteiger partial charge in [-0.3, -0.25) is 0 Å². The van der Waals surface area contributed by atoms with Gasteiger partial charge in [0.15, 0.2) is 11.5 Å². The summed E-state index contributed by atoms with van der Waals surface area (Å²) >= 11 is 0. The molecule has 0 aliphatic heterocycles. The Hall–Kier alpha value is -2.53. The third-order valence-electron chi connectivity index (χ3n) is 4.94. The molecule has 0 heterocycles. The average molecular weight is 456 g/mol. The Bertz CT molecular complexity index is 995. The van der Waals surface area contributed by atoms with Crippen LogP contribution in [0, 0.1) is 13.8 Å². The Morgan fingerprint density at radius 3 is 1.69 bits per heavy atom. The highest BCUT2D eigenvalue weighted by atomic mass is 35.5. The van der Waals surface area contributed by atoms with Crippen LogP contribution >= 0.6 is 12.4 Å². The molecule has 0 aliphatic carbocycles. The number of hydrogen-bond donors (Lipinski definition) is 2. The molecule has 0 amide bonds. The van der Waals surface area contributed by atoms with Crippen molar-refractivity contribution in [1.29, 1.82) is 0 Å². The highest BCUT2D eigenvalue weighted by molar-refractivity contribution is 5.85. The molecule has 2 N–H and O–H groups in total. The second kappa shape index (κ2) is 10.9. The Morgan fingerprint density at radius 1 is 0.750 bits per heavy atom. The molecule has 0 fully saturated rings. The van der Waals surface area contributed by atoms with Crippen molar-refractivity contribution < 1.29 is 14.6 Å². The second-order valence-corrected chi connectivity index (χ2v) is 9.16. The number of aryl methyl sites for hydroxylation is 2. The highest BCUT2D eigenvalue weighted by Gasteiger charge is 2.23. The quantitative estimate of drug-likeness (QED) is 0.398. The number of hydrogen-bond acceptors (Lipinski definition) is 4. The number of halogens is 1. The molecule has 0 bridgehead atoms. The minimum absolute atomic E-state index is 0. The molecular weight excluding hydrogens is 422 g/mol. The van der Waals surface area contributed by atoms with E-state index in [9.17, 15) is 5.11 Å². The Morgan fingerprint density at radius 2 is 1.22 bits per heavy atom. The topological polar surface area (TPSA) is 50.7 Å². The van der Waals surface area contributed by atoms with E-state index in [-0.39, 0.29) is 24.0 Å². The van der Waals surface area contributed by atoms with Gasteiger partial charge in [-0.2, -0.15) is 0 Å². The van der Waals surface area contributed by atoms with Gasteiger partial charge < -0.3 is 19.9 Å². The van der Waals surface area contributed by atoms with Gasteiger partial charge in [-0.25, -0.2) is 0 Å². The minimum Gasteiger partial charge on any atom is -0.453 e. The van der Waals surface area contributed by atoms with Gasteiger partial charge in [0.25, 0.3) is 0 Å². The van der Waals surface area contributed by atoms with Crippen LogP contribution in [0.25, 0.3) is 0 Å².